The molecule has 4 rings (SSSR count). The maximum absolute atomic E-state index is 12.8. The molecule has 0 saturated heterocycles. The van der Waals surface area contributed by atoms with Crippen LogP contribution in [0.2, 0.25) is 0 Å². The van der Waals surface area contributed by atoms with Crippen LogP contribution in [0, 0.1) is 0 Å². The molecule has 2 N–H and O–H groups in total. The van der Waals surface area contributed by atoms with Gasteiger partial charge in [0, 0.05) is 12.1 Å². The highest BCUT2D eigenvalue weighted by Gasteiger charge is 2.29. The Morgan fingerprint density at radius 2 is 2.12 bits per heavy atom. The number of benzene rings is 1. The average molecular weight is 483 g/mol. The Balaban J connectivity index is 1.66. The summed E-state index contributed by atoms with van der Waals surface area (Å²) in [5.41, 5.74) is 0.133. The lowest BCUT2D eigenvalue weighted by Gasteiger charge is -2.30. The second kappa shape index (κ2) is 9.26. The molecule has 1 aromatic carbocycles. The van der Waals surface area contributed by atoms with Crippen molar-refractivity contribution in [3.8, 4) is 5.75 Å². The highest BCUT2D eigenvalue weighted by molar-refractivity contribution is 7.07. The largest absolute Gasteiger partial charge is 0.490 e. The predicted octanol–water partition coefficient (Wildman–Crippen LogP) is 0.958. The topological polar surface area (TPSA) is 122 Å². The van der Waals surface area contributed by atoms with E-state index in [0.717, 1.165) is 5.56 Å². The number of ether oxygens (including phenoxy) is 1. The molecule has 0 unspecified atom stereocenters. The predicted molar refractivity (Wildman–Crippen MR) is 130 cm³/mol. The Kier molecular flexibility index (Phi) is 6.38. The number of fused-ring (bicyclic) bond motifs is 1. The number of rotatable bonds is 5. The molecule has 0 bridgehead atoms. The monoisotopic (exact) mass is 482 g/mol. The second-order valence-electron chi connectivity index (χ2n) is 8.67. The number of nitrogens with one attached hydrogen (secondary N) is 2. The number of amides is 2. The first-order valence-electron chi connectivity index (χ1n) is 10.8. The minimum Gasteiger partial charge on any atom is -0.490 e. The number of H-pyrrole nitrogens is 1. The van der Waals surface area contributed by atoms with Gasteiger partial charge in [-0.25, -0.2) is 14.5 Å². The second-order valence-corrected chi connectivity index (χ2v) is 9.75. The molecule has 178 valence electrons. The molecule has 34 heavy (non-hydrogen) atoms. The van der Waals surface area contributed by atoms with E-state index in [1.807, 2.05) is 26.0 Å². The van der Waals surface area contributed by atoms with Crippen molar-refractivity contribution in [2.24, 2.45) is 0 Å². The number of carbonyl (C=O) groups excluding carboxylic acids is 2. The van der Waals surface area contributed by atoms with Crippen molar-refractivity contribution in [2.75, 3.05) is 18.1 Å². The molecular weight excluding hydrogens is 456 g/mol. The number of hydrogen-bond acceptors (Lipinski definition) is 7. The molecular formula is C23H26N6O4S. The Hall–Kier alpha value is -3.73. The van der Waals surface area contributed by atoms with Gasteiger partial charge in [-0.1, -0.05) is 6.07 Å². The van der Waals surface area contributed by atoms with Crippen LogP contribution < -0.4 is 29.7 Å². The van der Waals surface area contributed by atoms with Gasteiger partial charge >= 0.3 is 6.03 Å². The van der Waals surface area contributed by atoms with Gasteiger partial charge in [0.1, 0.15) is 30.5 Å². The van der Waals surface area contributed by atoms with Crippen molar-refractivity contribution in [3.05, 3.63) is 56.0 Å². The molecule has 0 radical (unpaired) electrons. The quantitative estimate of drug-likeness (QED) is 0.559. The number of carbonyl (C=O) groups is 2. The number of aromatic amines is 1. The van der Waals surface area contributed by atoms with E-state index in [1.165, 1.54) is 34.7 Å². The number of urea groups is 1. The number of nitrogens with zero attached hydrogens (tertiary/aromatic N) is 4. The standard InChI is InChI=1S/C23H26N6O4S/c1-14(2)26-22(32)28-7-8-33-17-6-5-15(9-16(17)28)10-18-21(31)27-20(34-18)11-19(30)23(3,4)29-13-24-12-25-29/h5-6,9-14H,7-8H2,1-4H3,(H,26,32)(H,27,31)/b18-10-,20-11+. The summed E-state index contributed by atoms with van der Waals surface area (Å²) in [6, 6.07) is 5.23. The SMILES string of the molecule is CC(C)NC(=O)N1CCOc2ccc(/C=c3\s/c(=C/C(=O)C(C)(C)n4cncn4)[nH]c3=O)cc21. The van der Waals surface area contributed by atoms with Gasteiger partial charge in [0.15, 0.2) is 5.78 Å². The van der Waals surface area contributed by atoms with E-state index < -0.39 is 5.54 Å². The third kappa shape index (κ3) is 4.79. The molecule has 2 aromatic heterocycles. The fraction of sp³-hybridized carbons (Fsp3) is 0.348. The molecule has 3 heterocycles. The Bertz CT molecular complexity index is 1390. The van der Waals surface area contributed by atoms with Gasteiger partial charge in [-0.15, -0.1) is 11.3 Å². The van der Waals surface area contributed by atoms with Crippen LogP contribution in [0.15, 0.2) is 35.6 Å². The van der Waals surface area contributed by atoms with Crippen LogP contribution in [0.1, 0.15) is 33.3 Å². The van der Waals surface area contributed by atoms with Crippen LogP contribution in [0.3, 0.4) is 0 Å². The lowest BCUT2D eigenvalue weighted by Crippen LogP contribution is -2.46. The molecule has 0 atom stereocenters. The maximum Gasteiger partial charge on any atom is 0.322 e. The number of anilines is 1. The van der Waals surface area contributed by atoms with Crippen LogP contribution in [0.4, 0.5) is 10.5 Å². The lowest BCUT2D eigenvalue weighted by molar-refractivity contribution is -0.120. The van der Waals surface area contributed by atoms with E-state index in [0.29, 0.717) is 33.8 Å². The van der Waals surface area contributed by atoms with Crippen LogP contribution in [0.5, 0.6) is 5.75 Å². The van der Waals surface area contributed by atoms with Crippen LogP contribution in [0.25, 0.3) is 12.2 Å². The summed E-state index contributed by atoms with van der Waals surface area (Å²) in [7, 11) is 0. The van der Waals surface area contributed by atoms with Gasteiger partial charge in [0.25, 0.3) is 5.56 Å². The first-order valence-corrected chi connectivity index (χ1v) is 11.6. The number of Topliss-reactive ketones (excluding diaryl/α,β-unsaturated/α-hetero) is 1. The molecule has 1 aliphatic heterocycles. The molecule has 0 spiro atoms. The van der Waals surface area contributed by atoms with Gasteiger partial charge < -0.3 is 15.0 Å². The zero-order chi connectivity index (χ0) is 24.5. The van der Waals surface area contributed by atoms with E-state index in [4.69, 9.17) is 4.74 Å². The minimum atomic E-state index is -0.945. The van der Waals surface area contributed by atoms with Crippen molar-refractivity contribution in [1.82, 2.24) is 25.1 Å². The van der Waals surface area contributed by atoms with E-state index in [-0.39, 0.29) is 23.4 Å². The van der Waals surface area contributed by atoms with E-state index in [2.05, 4.69) is 20.4 Å². The van der Waals surface area contributed by atoms with Crippen molar-refractivity contribution in [3.63, 3.8) is 0 Å². The van der Waals surface area contributed by atoms with Crippen LogP contribution in [-0.2, 0) is 10.3 Å². The third-order valence-electron chi connectivity index (χ3n) is 5.34. The van der Waals surface area contributed by atoms with E-state index in [9.17, 15) is 14.4 Å². The average Bonchev–Trinajstić information content (AvgIpc) is 3.43. The summed E-state index contributed by atoms with van der Waals surface area (Å²) in [5.74, 6) is 0.386. The molecule has 3 aromatic rings. The fourth-order valence-corrected chi connectivity index (χ4v) is 4.33. The molecule has 0 aliphatic carbocycles. The van der Waals surface area contributed by atoms with Crippen molar-refractivity contribution < 1.29 is 14.3 Å². The normalized spacial score (nSPS) is 14.8. The number of thiazole rings is 1. The third-order valence-corrected chi connectivity index (χ3v) is 6.30. The molecule has 11 heteroatoms. The van der Waals surface area contributed by atoms with Crippen molar-refractivity contribution in [2.45, 2.75) is 39.3 Å². The summed E-state index contributed by atoms with van der Waals surface area (Å²) < 4.78 is 8.04. The minimum absolute atomic E-state index is 0.00475. The number of hydrogen-bond donors (Lipinski definition) is 2. The summed E-state index contributed by atoms with van der Waals surface area (Å²) in [6.07, 6.45) is 5.98. The van der Waals surface area contributed by atoms with Gasteiger partial charge in [0.05, 0.1) is 21.4 Å². The lowest BCUT2D eigenvalue weighted by atomic mass is 10.00. The Morgan fingerprint density at radius 1 is 1.32 bits per heavy atom. The summed E-state index contributed by atoms with van der Waals surface area (Å²) in [6.45, 7) is 8.10. The number of ketones is 1. The smallest absolute Gasteiger partial charge is 0.322 e. The highest BCUT2D eigenvalue weighted by Crippen LogP contribution is 2.32. The maximum atomic E-state index is 12.8. The zero-order valence-electron chi connectivity index (χ0n) is 19.4. The molecule has 0 saturated carbocycles. The first-order chi connectivity index (χ1) is 16.1. The molecule has 1 aliphatic rings. The highest BCUT2D eigenvalue weighted by atomic mass is 32.1. The van der Waals surface area contributed by atoms with Crippen molar-refractivity contribution in [1.29, 1.82) is 0 Å². The van der Waals surface area contributed by atoms with E-state index in [1.54, 1.807) is 30.9 Å². The number of aromatic nitrogens is 4. The molecule has 2 amide bonds. The Morgan fingerprint density at radius 3 is 2.82 bits per heavy atom. The zero-order valence-corrected chi connectivity index (χ0v) is 20.2. The van der Waals surface area contributed by atoms with Gasteiger partial charge in [-0.2, -0.15) is 5.10 Å². The van der Waals surface area contributed by atoms with Crippen LogP contribution >= 0.6 is 11.3 Å². The summed E-state index contributed by atoms with van der Waals surface area (Å²) in [4.78, 5) is 46.3. The Labute approximate surface area is 199 Å². The van der Waals surface area contributed by atoms with Crippen molar-refractivity contribution >= 4 is 41.0 Å². The van der Waals surface area contributed by atoms with Crippen LogP contribution in [-0.4, -0.2) is 50.8 Å². The summed E-state index contributed by atoms with van der Waals surface area (Å²) >= 11 is 1.18. The molecule has 0 fully saturated rings. The van der Waals surface area contributed by atoms with E-state index >= 15 is 0 Å². The molecule has 10 nitrogen and oxygen atoms in total. The fourth-order valence-electron chi connectivity index (χ4n) is 3.44. The summed E-state index contributed by atoms with van der Waals surface area (Å²) in [5, 5.41) is 6.94. The first kappa shape index (κ1) is 23.4. The van der Waals surface area contributed by atoms with Gasteiger partial charge in [-0.05, 0) is 51.5 Å². The van der Waals surface area contributed by atoms with Gasteiger partial charge in [0.2, 0.25) is 0 Å². The van der Waals surface area contributed by atoms with Gasteiger partial charge in [-0.3, -0.25) is 14.5 Å².